The Labute approximate surface area is 103 Å². The predicted molar refractivity (Wildman–Crippen MR) is 61.4 cm³/mol. The van der Waals surface area contributed by atoms with E-state index in [2.05, 4.69) is 0 Å². The lowest BCUT2D eigenvalue weighted by Gasteiger charge is -2.21. The fourth-order valence-electron chi connectivity index (χ4n) is 1.49. The Morgan fingerprint density at radius 2 is 2.00 bits per heavy atom. The summed E-state index contributed by atoms with van der Waals surface area (Å²) in [6.07, 6.45) is -0.273. The van der Waals surface area contributed by atoms with Gasteiger partial charge in [-0.2, -0.15) is 0 Å². The van der Waals surface area contributed by atoms with Gasteiger partial charge in [-0.3, -0.25) is 4.79 Å². The molecule has 0 saturated heterocycles. The van der Waals surface area contributed by atoms with Crippen molar-refractivity contribution < 1.29 is 29.2 Å². The number of phenolic OH excluding ortho intramolecular Hbond substituents is 2. The van der Waals surface area contributed by atoms with Gasteiger partial charge >= 0.3 is 5.97 Å². The molecule has 0 aromatic heterocycles. The maximum atomic E-state index is 13.9. The van der Waals surface area contributed by atoms with E-state index >= 15 is 0 Å². The zero-order valence-corrected chi connectivity index (χ0v) is 10.3. The van der Waals surface area contributed by atoms with Gasteiger partial charge in [0.15, 0.2) is 23.1 Å². The van der Waals surface area contributed by atoms with Crippen LogP contribution in [0, 0.1) is 11.2 Å². The number of carboxylic acids is 1. The second-order valence-corrected chi connectivity index (χ2v) is 4.60. The average Bonchev–Trinajstić information content (AvgIpc) is 2.29. The molecular formula is C12H15FO5. The van der Waals surface area contributed by atoms with Gasteiger partial charge < -0.3 is 20.1 Å². The molecule has 0 aliphatic heterocycles. The Morgan fingerprint density at radius 1 is 1.44 bits per heavy atom. The Hall–Kier alpha value is -1.98. The highest BCUT2D eigenvalue weighted by atomic mass is 19.1. The minimum atomic E-state index is -1.28. The van der Waals surface area contributed by atoms with Crippen LogP contribution in [0.3, 0.4) is 0 Å². The molecule has 0 atom stereocenters. The molecule has 1 aromatic rings. The van der Waals surface area contributed by atoms with Crippen LogP contribution in [0.4, 0.5) is 4.39 Å². The summed E-state index contributed by atoms with van der Waals surface area (Å²) in [6.45, 7) is 2.79. The van der Waals surface area contributed by atoms with Crippen molar-refractivity contribution in [1.29, 1.82) is 0 Å². The first-order chi connectivity index (χ1) is 8.20. The van der Waals surface area contributed by atoms with E-state index in [1.54, 1.807) is 0 Å². The van der Waals surface area contributed by atoms with Gasteiger partial charge in [-0.05, 0) is 20.3 Å². The van der Waals surface area contributed by atoms with Crippen molar-refractivity contribution in [2.24, 2.45) is 5.41 Å². The quantitative estimate of drug-likeness (QED) is 0.718. The molecular weight excluding hydrogens is 243 g/mol. The van der Waals surface area contributed by atoms with Crippen LogP contribution >= 0.6 is 0 Å². The molecule has 1 aromatic carbocycles. The first-order valence-corrected chi connectivity index (χ1v) is 5.21. The summed E-state index contributed by atoms with van der Waals surface area (Å²) in [4.78, 5) is 11.0. The van der Waals surface area contributed by atoms with Gasteiger partial charge in [0.1, 0.15) is 0 Å². The summed E-state index contributed by atoms with van der Waals surface area (Å²) in [6, 6.07) is 0.932. The van der Waals surface area contributed by atoms with Crippen molar-refractivity contribution in [1.82, 2.24) is 0 Å². The molecule has 0 fully saturated rings. The topological polar surface area (TPSA) is 87.0 Å². The molecule has 0 heterocycles. The van der Waals surface area contributed by atoms with Crippen LogP contribution in [0.5, 0.6) is 17.2 Å². The fraction of sp³-hybridized carbons (Fsp3) is 0.417. The van der Waals surface area contributed by atoms with E-state index in [0.717, 1.165) is 6.07 Å². The molecule has 0 amide bonds. The first kappa shape index (κ1) is 14.1. The molecule has 0 unspecified atom stereocenters. The van der Waals surface area contributed by atoms with E-state index in [9.17, 15) is 19.4 Å². The number of carbonyl (C=O) groups is 1. The summed E-state index contributed by atoms with van der Waals surface area (Å²) < 4.78 is 18.6. The predicted octanol–water partition coefficient (Wildman–Crippen LogP) is 1.90. The van der Waals surface area contributed by atoms with Crippen LogP contribution < -0.4 is 4.74 Å². The third-order valence-corrected chi connectivity index (χ3v) is 2.70. The molecule has 18 heavy (non-hydrogen) atoms. The number of ether oxygens (including phenoxy) is 1. The van der Waals surface area contributed by atoms with E-state index in [1.807, 2.05) is 0 Å². The normalized spacial score (nSPS) is 11.3. The van der Waals surface area contributed by atoms with Crippen LogP contribution in [0.2, 0.25) is 0 Å². The van der Waals surface area contributed by atoms with Crippen molar-refractivity contribution >= 4 is 5.97 Å². The zero-order valence-electron chi connectivity index (χ0n) is 10.3. The molecule has 5 nitrogen and oxygen atoms in total. The molecule has 0 radical (unpaired) electrons. The maximum absolute atomic E-state index is 13.9. The number of phenols is 2. The molecule has 0 aliphatic carbocycles. The molecule has 0 saturated carbocycles. The highest BCUT2D eigenvalue weighted by Gasteiger charge is 2.31. The number of methoxy groups -OCH3 is 1. The highest BCUT2D eigenvalue weighted by Crippen LogP contribution is 2.39. The minimum absolute atomic E-state index is 0.249. The SMILES string of the molecule is COc1cc(O)c(O)c(CC(C)(C)C(=O)O)c1F. The number of hydrogen-bond donors (Lipinski definition) is 3. The van der Waals surface area contributed by atoms with Gasteiger partial charge in [0.25, 0.3) is 0 Å². The second kappa shape index (κ2) is 4.72. The van der Waals surface area contributed by atoms with Crippen molar-refractivity contribution in [3.8, 4) is 17.2 Å². The Kier molecular flexibility index (Phi) is 3.69. The molecule has 100 valence electrons. The van der Waals surface area contributed by atoms with Crippen molar-refractivity contribution in [2.75, 3.05) is 7.11 Å². The number of hydrogen-bond acceptors (Lipinski definition) is 4. The van der Waals surface area contributed by atoms with Gasteiger partial charge in [-0.15, -0.1) is 0 Å². The average molecular weight is 258 g/mol. The van der Waals surface area contributed by atoms with Gasteiger partial charge in [-0.25, -0.2) is 4.39 Å². The standard InChI is InChI=1S/C12H15FO5/c1-12(2,11(16)17)5-6-9(13)8(18-3)4-7(14)10(6)15/h4,14-15H,5H2,1-3H3,(H,16,17). The Morgan fingerprint density at radius 3 is 2.44 bits per heavy atom. The fourth-order valence-corrected chi connectivity index (χ4v) is 1.49. The van der Waals surface area contributed by atoms with Gasteiger partial charge in [0, 0.05) is 11.6 Å². The summed E-state index contributed by atoms with van der Waals surface area (Å²) in [5, 5.41) is 28.0. The van der Waals surface area contributed by atoms with E-state index in [0.29, 0.717) is 0 Å². The highest BCUT2D eigenvalue weighted by molar-refractivity contribution is 5.74. The molecule has 0 bridgehead atoms. The van der Waals surface area contributed by atoms with Crippen LogP contribution in [-0.2, 0) is 11.2 Å². The third-order valence-electron chi connectivity index (χ3n) is 2.70. The number of benzene rings is 1. The molecule has 1 rings (SSSR count). The van der Waals surface area contributed by atoms with E-state index < -0.39 is 28.7 Å². The summed E-state index contributed by atoms with van der Waals surface area (Å²) in [5.74, 6) is -3.47. The van der Waals surface area contributed by atoms with Crippen LogP contribution in [0.25, 0.3) is 0 Å². The summed E-state index contributed by atoms with van der Waals surface area (Å²) in [5.41, 5.74) is -1.56. The Bertz CT molecular complexity index is 482. The lowest BCUT2D eigenvalue weighted by atomic mass is 9.85. The third kappa shape index (κ3) is 2.47. The van der Waals surface area contributed by atoms with Gasteiger partial charge in [0.2, 0.25) is 0 Å². The van der Waals surface area contributed by atoms with Gasteiger partial charge in [-0.1, -0.05) is 0 Å². The number of rotatable bonds is 4. The van der Waals surface area contributed by atoms with Gasteiger partial charge in [0.05, 0.1) is 12.5 Å². The van der Waals surface area contributed by atoms with E-state index in [1.165, 1.54) is 21.0 Å². The number of halogens is 1. The van der Waals surface area contributed by atoms with E-state index in [-0.39, 0.29) is 17.7 Å². The maximum Gasteiger partial charge on any atom is 0.309 e. The Balaban J connectivity index is 3.32. The minimum Gasteiger partial charge on any atom is -0.504 e. The molecule has 0 aliphatic rings. The second-order valence-electron chi connectivity index (χ2n) is 4.60. The molecule has 3 N–H and O–H groups in total. The van der Waals surface area contributed by atoms with Crippen LogP contribution in [0.15, 0.2) is 6.07 Å². The lowest BCUT2D eigenvalue weighted by molar-refractivity contribution is -0.146. The number of aliphatic carboxylic acids is 1. The zero-order chi connectivity index (χ0) is 14.1. The lowest BCUT2D eigenvalue weighted by Crippen LogP contribution is -2.26. The number of carboxylic acid groups (broad SMARTS) is 1. The first-order valence-electron chi connectivity index (χ1n) is 5.21. The molecule has 0 spiro atoms. The summed E-state index contributed by atoms with van der Waals surface area (Å²) >= 11 is 0. The number of aromatic hydroxyl groups is 2. The van der Waals surface area contributed by atoms with Crippen LogP contribution in [-0.4, -0.2) is 28.4 Å². The summed E-state index contributed by atoms with van der Waals surface area (Å²) in [7, 11) is 1.21. The smallest absolute Gasteiger partial charge is 0.309 e. The van der Waals surface area contributed by atoms with Crippen molar-refractivity contribution in [3.63, 3.8) is 0 Å². The van der Waals surface area contributed by atoms with Crippen molar-refractivity contribution in [2.45, 2.75) is 20.3 Å². The van der Waals surface area contributed by atoms with Crippen molar-refractivity contribution in [3.05, 3.63) is 17.4 Å². The largest absolute Gasteiger partial charge is 0.504 e. The van der Waals surface area contributed by atoms with E-state index in [4.69, 9.17) is 9.84 Å². The monoisotopic (exact) mass is 258 g/mol. The van der Waals surface area contributed by atoms with Crippen LogP contribution in [0.1, 0.15) is 19.4 Å². The molecule has 6 heteroatoms.